The van der Waals surface area contributed by atoms with Crippen LogP contribution in [0.15, 0.2) is 0 Å². The van der Waals surface area contributed by atoms with Crippen LogP contribution in [0.5, 0.6) is 0 Å². The number of hydrogen-bond acceptors (Lipinski definition) is 3. The molecule has 0 aromatic rings. The second-order valence-electron chi connectivity index (χ2n) is 6.39. The molecule has 3 heteroatoms. The molecule has 3 aliphatic rings. The van der Waals surface area contributed by atoms with Crippen molar-refractivity contribution in [3.8, 4) is 0 Å². The van der Waals surface area contributed by atoms with Crippen molar-refractivity contribution in [1.82, 2.24) is 0 Å². The lowest BCUT2D eigenvalue weighted by Crippen LogP contribution is -2.52. The van der Waals surface area contributed by atoms with E-state index < -0.39 is 0 Å². The molecule has 1 nitrogen and oxygen atoms in total. The Morgan fingerprint density at radius 2 is 1.88 bits per heavy atom. The van der Waals surface area contributed by atoms with E-state index in [9.17, 15) is 5.11 Å². The molecule has 0 aromatic carbocycles. The van der Waals surface area contributed by atoms with Gasteiger partial charge in [0.1, 0.15) is 0 Å². The van der Waals surface area contributed by atoms with Crippen molar-refractivity contribution in [2.75, 3.05) is 11.5 Å². The van der Waals surface area contributed by atoms with E-state index in [0.29, 0.717) is 5.41 Å². The van der Waals surface area contributed by atoms with Crippen molar-refractivity contribution in [1.29, 1.82) is 0 Å². The number of aliphatic hydroxyl groups excluding tert-OH is 1. The Balaban J connectivity index is 1.82. The average Bonchev–Trinajstić information content (AvgIpc) is 2.32. The molecule has 0 radical (unpaired) electrons. The lowest BCUT2D eigenvalue weighted by atomic mass is 9.59. The Hall–Kier alpha value is 0.660. The molecule has 0 unspecified atom stereocenters. The highest BCUT2D eigenvalue weighted by molar-refractivity contribution is 8.18. The summed E-state index contributed by atoms with van der Waals surface area (Å²) in [6.07, 6.45) is 9.14. The Kier molecular flexibility index (Phi) is 3.46. The van der Waals surface area contributed by atoms with Crippen LogP contribution in [0.25, 0.3) is 0 Å². The van der Waals surface area contributed by atoms with Crippen molar-refractivity contribution >= 4 is 23.5 Å². The van der Waals surface area contributed by atoms with Gasteiger partial charge < -0.3 is 5.11 Å². The molecule has 1 heterocycles. The Morgan fingerprint density at radius 3 is 2.65 bits per heavy atom. The summed E-state index contributed by atoms with van der Waals surface area (Å²) in [6.45, 7) is 2.50. The normalized spacial score (nSPS) is 45.5. The van der Waals surface area contributed by atoms with Gasteiger partial charge in [0.15, 0.2) is 0 Å². The van der Waals surface area contributed by atoms with Crippen LogP contribution < -0.4 is 0 Å². The smallest absolute Gasteiger partial charge is 0.0873 e. The van der Waals surface area contributed by atoms with Crippen molar-refractivity contribution in [2.24, 2.45) is 11.3 Å². The second-order valence-corrected chi connectivity index (χ2v) is 9.50. The minimum Gasteiger partial charge on any atom is -0.391 e. The number of hydrogen-bond donors (Lipinski definition) is 1. The predicted octanol–water partition coefficient (Wildman–Crippen LogP) is 3.90. The summed E-state index contributed by atoms with van der Waals surface area (Å²) in [4.78, 5) is 0. The van der Waals surface area contributed by atoms with E-state index in [1.54, 1.807) is 0 Å². The highest BCUT2D eigenvalue weighted by atomic mass is 32.2. The van der Waals surface area contributed by atoms with Gasteiger partial charge in [0, 0.05) is 0 Å². The molecule has 1 aliphatic heterocycles. The molecule has 2 aliphatic carbocycles. The van der Waals surface area contributed by atoms with E-state index in [4.69, 9.17) is 0 Å². The zero-order chi connectivity index (χ0) is 11.9. The van der Waals surface area contributed by atoms with E-state index in [2.05, 4.69) is 30.4 Å². The summed E-state index contributed by atoms with van der Waals surface area (Å²) >= 11 is 4.12. The van der Waals surface area contributed by atoms with E-state index in [1.807, 2.05) is 0 Å². The second kappa shape index (κ2) is 4.64. The highest BCUT2D eigenvalue weighted by Crippen LogP contribution is 2.61. The van der Waals surface area contributed by atoms with Crippen LogP contribution in [0.1, 0.15) is 51.9 Å². The molecule has 1 spiro atoms. The third-order valence-corrected chi connectivity index (χ3v) is 8.69. The lowest BCUT2D eigenvalue weighted by molar-refractivity contribution is -0.0108. The quantitative estimate of drug-likeness (QED) is 0.722. The summed E-state index contributed by atoms with van der Waals surface area (Å²) in [5, 5.41) is 10.6. The third kappa shape index (κ3) is 2.17. The minimum atomic E-state index is -0.0611. The van der Waals surface area contributed by atoms with Crippen molar-refractivity contribution in [2.45, 2.75) is 62.1 Å². The van der Waals surface area contributed by atoms with E-state index in [0.717, 1.165) is 12.3 Å². The van der Waals surface area contributed by atoms with Crippen LogP contribution >= 0.6 is 23.5 Å². The Bertz CT molecular complexity index is 288. The largest absolute Gasteiger partial charge is 0.391 e. The summed E-state index contributed by atoms with van der Waals surface area (Å²) in [6, 6.07) is 0. The Labute approximate surface area is 114 Å². The van der Waals surface area contributed by atoms with Gasteiger partial charge in [-0.2, -0.15) is 0 Å². The van der Waals surface area contributed by atoms with Gasteiger partial charge in [-0.25, -0.2) is 0 Å². The first-order valence-electron chi connectivity index (χ1n) is 7.11. The first kappa shape index (κ1) is 12.7. The standard InChI is InChI=1S/C14H24OS2/c1-13-6-3-2-5-11(13)9-12(15)14(10-13)16-7-4-8-17-14/h11-12,15H,2-10H2,1H3/t11-,12+,13-/m0/s1. The lowest BCUT2D eigenvalue weighted by Gasteiger charge is -2.55. The SMILES string of the molecule is C[C@@]12CCCC[C@H]1C[C@@H](O)C1(C2)SCCCS1. The van der Waals surface area contributed by atoms with Crippen LogP contribution in [0.4, 0.5) is 0 Å². The number of rotatable bonds is 0. The maximum Gasteiger partial charge on any atom is 0.0873 e. The van der Waals surface area contributed by atoms with Crippen LogP contribution in [0.2, 0.25) is 0 Å². The van der Waals surface area contributed by atoms with Gasteiger partial charge in [-0.3, -0.25) is 0 Å². The van der Waals surface area contributed by atoms with Crippen LogP contribution in [0.3, 0.4) is 0 Å². The average molecular weight is 272 g/mol. The molecule has 3 atom stereocenters. The van der Waals surface area contributed by atoms with Gasteiger partial charge >= 0.3 is 0 Å². The van der Waals surface area contributed by atoms with Crippen molar-refractivity contribution in [3.05, 3.63) is 0 Å². The molecular formula is C14H24OS2. The first-order valence-corrected chi connectivity index (χ1v) is 9.08. The van der Waals surface area contributed by atoms with Crippen LogP contribution in [-0.2, 0) is 0 Å². The molecular weight excluding hydrogens is 248 g/mol. The van der Waals surface area contributed by atoms with Gasteiger partial charge in [-0.05, 0) is 54.9 Å². The maximum atomic E-state index is 10.6. The molecule has 0 amide bonds. The number of fused-ring (bicyclic) bond motifs is 1. The monoisotopic (exact) mass is 272 g/mol. The fraction of sp³-hybridized carbons (Fsp3) is 1.00. The van der Waals surface area contributed by atoms with E-state index >= 15 is 0 Å². The van der Waals surface area contributed by atoms with Crippen molar-refractivity contribution < 1.29 is 5.11 Å². The molecule has 1 N–H and O–H groups in total. The third-order valence-electron chi connectivity index (χ3n) is 5.18. The van der Waals surface area contributed by atoms with Gasteiger partial charge in [0.25, 0.3) is 0 Å². The Morgan fingerprint density at radius 1 is 1.12 bits per heavy atom. The van der Waals surface area contributed by atoms with Gasteiger partial charge in [0.2, 0.25) is 0 Å². The molecule has 0 aromatic heterocycles. The van der Waals surface area contributed by atoms with E-state index in [1.165, 1.54) is 50.0 Å². The maximum absolute atomic E-state index is 10.6. The summed E-state index contributed by atoms with van der Waals surface area (Å²) in [7, 11) is 0. The number of aliphatic hydroxyl groups is 1. The van der Waals surface area contributed by atoms with Crippen LogP contribution in [-0.4, -0.2) is 26.8 Å². The topological polar surface area (TPSA) is 20.2 Å². The predicted molar refractivity (Wildman–Crippen MR) is 77.6 cm³/mol. The summed E-state index contributed by atoms with van der Waals surface area (Å²) in [5.41, 5.74) is 0.523. The fourth-order valence-corrected chi connectivity index (χ4v) is 7.85. The molecule has 3 fully saturated rings. The van der Waals surface area contributed by atoms with Gasteiger partial charge in [-0.15, -0.1) is 23.5 Å². The molecule has 0 bridgehead atoms. The molecule has 2 saturated carbocycles. The molecule has 98 valence electrons. The minimum absolute atomic E-state index is 0.0611. The zero-order valence-electron chi connectivity index (χ0n) is 10.8. The van der Waals surface area contributed by atoms with Crippen LogP contribution in [0, 0.1) is 11.3 Å². The van der Waals surface area contributed by atoms with E-state index in [-0.39, 0.29) is 10.2 Å². The summed E-state index contributed by atoms with van der Waals surface area (Å²) in [5.74, 6) is 3.30. The zero-order valence-corrected chi connectivity index (χ0v) is 12.4. The highest BCUT2D eigenvalue weighted by Gasteiger charge is 2.54. The number of thioether (sulfide) groups is 2. The molecule has 1 saturated heterocycles. The van der Waals surface area contributed by atoms with Gasteiger partial charge in [-0.1, -0.05) is 19.8 Å². The first-order chi connectivity index (χ1) is 8.15. The van der Waals surface area contributed by atoms with Crippen molar-refractivity contribution in [3.63, 3.8) is 0 Å². The summed E-state index contributed by atoms with van der Waals surface area (Å²) < 4.78 is 0.154. The molecule has 3 rings (SSSR count). The fourth-order valence-electron chi connectivity index (χ4n) is 4.12. The molecule has 17 heavy (non-hydrogen) atoms. The van der Waals surface area contributed by atoms with Gasteiger partial charge in [0.05, 0.1) is 10.2 Å².